The molecule has 0 amide bonds. The predicted octanol–water partition coefficient (Wildman–Crippen LogP) is 2.78. The molecule has 0 saturated carbocycles. The lowest BCUT2D eigenvalue weighted by Gasteiger charge is -2.09. The second kappa shape index (κ2) is 5.46. The first-order valence-electron chi connectivity index (χ1n) is 5.51. The molecule has 0 aliphatic rings. The van der Waals surface area contributed by atoms with E-state index in [4.69, 9.17) is 5.26 Å². The molecule has 0 aromatic heterocycles. The molecule has 1 N–H and O–H groups in total. The van der Waals surface area contributed by atoms with Crippen LogP contribution in [0.4, 0.5) is 18.9 Å². The van der Waals surface area contributed by atoms with E-state index in [1.807, 2.05) is 4.72 Å². The minimum atomic E-state index is -4.23. The molecule has 8 heteroatoms. The summed E-state index contributed by atoms with van der Waals surface area (Å²) >= 11 is 0. The second-order valence-electron chi connectivity index (χ2n) is 3.98. The van der Waals surface area contributed by atoms with Gasteiger partial charge in [0.25, 0.3) is 10.0 Å². The van der Waals surface area contributed by atoms with Gasteiger partial charge in [0.05, 0.1) is 16.1 Å². The van der Waals surface area contributed by atoms with Crippen molar-refractivity contribution >= 4 is 15.7 Å². The van der Waals surface area contributed by atoms with Gasteiger partial charge in [-0.1, -0.05) is 0 Å². The maximum atomic E-state index is 13.4. The van der Waals surface area contributed by atoms with Gasteiger partial charge in [-0.3, -0.25) is 4.72 Å². The van der Waals surface area contributed by atoms with Gasteiger partial charge in [-0.25, -0.2) is 21.6 Å². The SMILES string of the molecule is N#Cc1cc(S(=O)(=O)Nc2ccc(F)cc2F)ccc1F. The topological polar surface area (TPSA) is 70.0 Å². The summed E-state index contributed by atoms with van der Waals surface area (Å²) in [7, 11) is -4.23. The third-order valence-electron chi connectivity index (χ3n) is 2.54. The van der Waals surface area contributed by atoms with E-state index in [0.29, 0.717) is 6.07 Å². The number of rotatable bonds is 3. The van der Waals surface area contributed by atoms with Gasteiger partial charge in [0.2, 0.25) is 0 Å². The van der Waals surface area contributed by atoms with Crippen molar-refractivity contribution in [3.05, 3.63) is 59.4 Å². The molecule has 0 aliphatic heterocycles. The highest BCUT2D eigenvalue weighted by molar-refractivity contribution is 7.92. The van der Waals surface area contributed by atoms with E-state index in [1.54, 1.807) is 0 Å². The zero-order valence-electron chi connectivity index (χ0n) is 10.3. The first kappa shape index (κ1) is 14.9. The fourth-order valence-corrected chi connectivity index (χ4v) is 2.63. The average molecular weight is 312 g/mol. The van der Waals surface area contributed by atoms with Gasteiger partial charge in [0.15, 0.2) is 0 Å². The van der Waals surface area contributed by atoms with Crippen molar-refractivity contribution in [3.8, 4) is 6.07 Å². The summed E-state index contributed by atoms with van der Waals surface area (Å²) < 4.78 is 65.3. The summed E-state index contributed by atoms with van der Waals surface area (Å²) in [5.74, 6) is -2.82. The van der Waals surface area contributed by atoms with Crippen LogP contribution in [0.1, 0.15) is 5.56 Å². The molecule has 108 valence electrons. The molecule has 0 bridgehead atoms. The Morgan fingerprint density at radius 3 is 2.33 bits per heavy atom. The first-order chi connectivity index (χ1) is 9.83. The number of anilines is 1. The summed E-state index contributed by atoms with van der Waals surface area (Å²) in [5.41, 5.74) is -0.920. The van der Waals surface area contributed by atoms with Gasteiger partial charge in [-0.05, 0) is 30.3 Å². The van der Waals surface area contributed by atoms with E-state index < -0.39 is 43.6 Å². The van der Waals surface area contributed by atoms with E-state index in [1.165, 1.54) is 6.07 Å². The van der Waals surface area contributed by atoms with Crippen LogP contribution in [-0.2, 0) is 10.0 Å². The standard InChI is InChI=1S/C13H7F3N2O2S/c14-9-1-4-13(12(16)6-9)18-21(19,20)10-2-3-11(15)8(5-10)7-17/h1-6,18H. The quantitative estimate of drug-likeness (QED) is 0.947. The van der Waals surface area contributed by atoms with Crippen LogP contribution in [0.25, 0.3) is 0 Å². The minimum Gasteiger partial charge on any atom is -0.277 e. The number of nitrogens with zero attached hydrogens (tertiary/aromatic N) is 1. The van der Waals surface area contributed by atoms with E-state index in [9.17, 15) is 21.6 Å². The summed E-state index contributed by atoms with van der Waals surface area (Å²) in [5, 5.41) is 8.67. The molecule has 2 rings (SSSR count). The lowest BCUT2D eigenvalue weighted by atomic mass is 10.2. The van der Waals surface area contributed by atoms with Gasteiger partial charge >= 0.3 is 0 Å². The largest absolute Gasteiger partial charge is 0.277 e. The zero-order chi connectivity index (χ0) is 15.6. The van der Waals surface area contributed by atoms with Crippen LogP contribution in [0.2, 0.25) is 0 Å². The van der Waals surface area contributed by atoms with Crippen molar-refractivity contribution in [2.24, 2.45) is 0 Å². The maximum absolute atomic E-state index is 13.4. The van der Waals surface area contributed by atoms with Crippen LogP contribution in [-0.4, -0.2) is 8.42 Å². The lowest BCUT2D eigenvalue weighted by Crippen LogP contribution is -2.14. The number of hydrogen-bond donors (Lipinski definition) is 1. The summed E-state index contributed by atoms with van der Waals surface area (Å²) in [4.78, 5) is -0.413. The molecule has 0 spiro atoms. The highest BCUT2D eigenvalue weighted by atomic mass is 32.2. The van der Waals surface area contributed by atoms with E-state index in [-0.39, 0.29) is 0 Å². The summed E-state index contributed by atoms with van der Waals surface area (Å²) in [6.45, 7) is 0. The number of hydrogen-bond acceptors (Lipinski definition) is 3. The molecule has 2 aromatic carbocycles. The third-order valence-corrected chi connectivity index (χ3v) is 3.91. The Hall–Kier alpha value is -2.53. The highest BCUT2D eigenvalue weighted by Gasteiger charge is 2.18. The molecule has 4 nitrogen and oxygen atoms in total. The Morgan fingerprint density at radius 2 is 1.71 bits per heavy atom. The van der Waals surface area contributed by atoms with Crippen LogP contribution in [0.15, 0.2) is 41.3 Å². The minimum absolute atomic E-state index is 0.413. The van der Waals surface area contributed by atoms with Crippen LogP contribution >= 0.6 is 0 Å². The average Bonchev–Trinajstić information content (AvgIpc) is 2.42. The Morgan fingerprint density at radius 1 is 1.00 bits per heavy atom. The molecule has 0 fully saturated rings. The fraction of sp³-hybridized carbons (Fsp3) is 0. The van der Waals surface area contributed by atoms with Crippen molar-refractivity contribution < 1.29 is 21.6 Å². The van der Waals surface area contributed by atoms with Crippen molar-refractivity contribution in [2.45, 2.75) is 4.90 Å². The molecular weight excluding hydrogens is 305 g/mol. The lowest BCUT2D eigenvalue weighted by molar-refractivity contribution is 0.582. The Kier molecular flexibility index (Phi) is 3.86. The van der Waals surface area contributed by atoms with Gasteiger partial charge in [-0.15, -0.1) is 0 Å². The Labute approximate surface area is 118 Å². The number of nitrogens with one attached hydrogen (secondary N) is 1. The Bertz CT molecular complexity index is 845. The smallest absolute Gasteiger partial charge is 0.262 e. The highest BCUT2D eigenvalue weighted by Crippen LogP contribution is 2.21. The summed E-state index contributed by atoms with van der Waals surface area (Å²) in [6.07, 6.45) is 0. The summed E-state index contributed by atoms with van der Waals surface area (Å²) in [6, 6.07) is 6.37. The van der Waals surface area contributed by atoms with Crippen molar-refractivity contribution in [2.75, 3.05) is 4.72 Å². The number of benzene rings is 2. The number of nitriles is 1. The van der Waals surface area contributed by atoms with Crippen molar-refractivity contribution in [3.63, 3.8) is 0 Å². The van der Waals surface area contributed by atoms with Crippen LogP contribution < -0.4 is 4.72 Å². The normalized spacial score (nSPS) is 11.0. The van der Waals surface area contributed by atoms with Gasteiger partial charge in [0, 0.05) is 6.07 Å². The monoisotopic (exact) mass is 312 g/mol. The molecule has 0 heterocycles. The molecule has 21 heavy (non-hydrogen) atoms. The van der Waals surface area contributed by atoms with Crippen LogP contribution in [0.5, 0.6) is 0 Å². The van der Waals surface area contributed by atoms with Crippen molar-refractivity contribution in [1.82, 2.24) is 0 Å². The van der Waals surface area contributed by atoms with Crippen LogP contribution in [0.3, 0.4) is 0 Å². The molecule has 0 atom stereocenters. The van der Waals surface area contributed by atoms with Gasteiger partial charge in [0.1, 0.15) is 23.5 Å². The first-order valence-corrected chi connectivity index (χ1v) is 6.99. The molecular formula is C13H7F3N2O2S. The number of sulfonamides is 1. The maximum Gasteiger partial charge on any atom is 0.262 e. The van der Waals surface area contributed by atoms with Crippen LogP contribution in [0, 0.1) is 28.8 Å². The Balaban J connectivity index is 2.41. The molecule has 2 aromatic rings. The second-order valence-corrected chi connectivity index (χ2v) is 5.67. The third kappa shape index (κ3) is 3.14. The van der Waals surface area contributed by atoms with Crippen molar-refractivity contribution in [1.29, 1.82) is 5.26 Å². The van der Waals surface area contributed by atoms with E-state index in [2.05, 4.69) is 0 Å². The van der Waals surface area contributed by atoms with E-state index in [0.717, 1.165) is 30.3 Å². The predicted molar refractivity (Wildman–Crippen MR) is 68.3 cm³/mol. The molecule has 0 aliphatic carbocycles. The number of halogens is 3. The fourth-order valence-electron chi connectivity index (χ4n) is 1.53. The van der Waals surface area contributed by atoms with E-state index >= 15 is 0 Å². The zero-order valence-corrected chi connectivity index (χ0v) is 11.1. The molecule has 0 saturated heterocycles. The van der Waals surface area contributed by atoms with Gasteiger partial charge in [-0.2, -0.15) is 5.26 Å². The van der Waals surface area contributed by atoms with Gasteiger partial charge < -0.3 is 0 Å². The molecule has 0 radical (unpaired) electrons. The molecule has 0 unspecified atom stereocenters.